The number of anilines is 1. The van der Waals surface area contributed by atoms with Crippen LogP contribution in [0, 0.1) is 11.3 Å². The van der Waals surface area contributed by atoms with Gasteiger partial charge in [0.15, 0.2) is 0 Å². The highest BCUT2D eigenvalue weighted by Gasteiger charge is 2.02. The van der Waals surface area contributed by atoms with E-state index >= 15 is 0 Å². The van der Waals surface area contributed by atoms with Crippen molar-refractivity contribution < 1.29 is 0 Å². The maximum absolute atomic E-state index is 8.94. The summed E-state index contributed by atoms with van der Waals surface area (Å²) >= 11 is 3.36. The van der Waals surface area contributed by atoms with E-state index in [0.717, 1.165) is 15.2 Å². The number of rotatable bonds is 0. The molecule has 2 aromatic carbocycles. The SMILES string of the molecule is N#Cc1cc(Br)cc2ccc(N)cc12. The molecular weight excluding hydrogens is 240 g/mol. The van der Waals surface area contributed by atoms with Crippen LogP contribution >= 0.6 is 15.9 Å². The topological polar surface area (TPSA) is 49.8 Å². The highest BCUT2D eigenvalue weighted by Crippen LogP contribution is 2.25. The van der Waals surface area contributed by atoms with Crippen molar-refractivity contribution >= 4 is 32.4 Å². The second-order valence-electron chi connectivity index (χ2n) is 3.05. The zero-order chi connectivity index (χ0) is 10.1. The number of hydrogen-bond donors (Lipinski definition) is 1. The largest absolute Gasteiger partial charge is 0.399 e. The van der Waals surface area contributed by atoms with Gasteiger partial charge in [0.25, 0.3) is 0 Å². The molecular formula is C11H7BrN2. The van der Waals surface area contributed by atoms with Gasteiger partial charge in [0.1, 0.15) is 0 Å². The Morgan fingerprint density at radius 2 is 2.00 bits per heavy atom. The second kappa shape index (κ2) is 3.32. The molecule has 68 valence electrons. The van der Waals surface area contributed by atoms with Crippen molar-refractivity contribution in [3.05, 3.63) is 40.4 Å². The van der Waals surface area contributed by atoms with Gasteiger partial charge in [0.2, 0.25) is 0 Å². The first-order chi connectivity index (χ1) is 6.70. The van der Waals surface area contributed by atoms with Gasteiger partial charge in [0, 0.05) is 15.5 Å². The molecule has 0 saturated carbocycles. The molecule has 3 heteroatoms. The van der Waals surface area contributed by atoms with Gasteiger partial charge in [-0.1, -0.05) is 22.0 Å². The molecule has 0 radical (unpaired) electrons. The Kier molecular flexibility index (Phi) is 2.14. The lowest BCUT2D eigenvalue weighted by atomic mass is 10.0. The van der Waals surface area contributed by atoms with Crippen LogP contribution in [0.5, 0.6) is 0 Å². The van der Waals surface area contributed by atoms with Gasteiger partial charge in [-0.15, -0.1) is 0 Å². The first kappa shape index (κ1) is 9.04. The number of fused-ring (bicyclic) bond motifs is 1. The molecule has 0 aliphatic heterocycles. The van der Waals surface area contributed by atoms with Gasteiger partial charge in [-0.2, -0.15) is 5.26 Å². The Balaban J connectivity index is 2.90. The van der Waals surface area contributed by atoms with E-state index in [9.17, 15) is 0 Å². The zero-order valence-electron chi connectivity index (χ0n) is 7.29. The average Bonchev–Trinajstić information content (AvgIpc) is 2.17. The summed E-state index contributed by atoms with van der Waals surface area (Å²) in [6, 6.07) is 11.5. The van der Waals surface area contributed by atoms with E-state index in [1.54, 1.807) is 6.07 Å². The van der Waals surface area contributed by atoms with E-state index < -0.39 is 0 Å². The summed E-state index contributed by atoms with van der Waals surface area (Å²) in [7, 11) is 0. The number of halogens is 1. The molecule has 2 aromatic rings. The quantitative estimate of drug-likeness (QED) is 0.727. The number of nitriles is 1. The summed E-state index contributed by atoms with van der Waals surface area (Å²) in [5.74, 6) is 0. The molecule has 0 saturated heterocycles. The summed E-state index contributed by atoms with van der Waals surface area (Å²) in [5.41, 5.74) is 6.98. The first-order valence-electron chi connectivity index (χ1n) is 4.09. The Morgan fingerprint density at radius 3 is 2.71 bits per heavy atom. The van der Waals surface area contributed by atoms with E-state index in [1.807, 2.05) is 24.3 Å². The Morgan fingerprint density at radius 1 is 1.21 bits per heavy atom. The predicted molar refractivity (Wildman–Crippen MR) is 60.8 cm³/mol. The molecule has 0 aromatic heterocycles. The van der Waals surface area contributed by atoms with Crippen LogP contribution < -0.4 is 5.73 Å². The molecule has 0 aliphatic rings. The second-order valence-corrected chi connectivity index (χ2v) is 3.96. The molecule has 0 aliphatic carbocycles. The van der Waals surface area contributed by atoms with Gasteiger partial charge in [-0.25, -0.2) is 0 Å². The third-order valence-electron chi connectivity index (χ3n) is 2.06. The maximum Gasteiger partial charge on any atom is 0.0998 e. The summed E-state index contributed by atoms with van der Waals surface area (Å²) in [6.07, 6.45) is 0. The fraction of sp³-hybridized carbons (Fsp3) is 0. The lowest BCUT2D eigenvalue weighted by Crippen LogP contribution is -1.86. The molecule has 2 rings (SSSR count). The van der Waals surface area contributed by atoms with Crippen molar-refractivity contribution in [2.45, 2.75) is 0 Å². The summed E-state index contributed by atoms with van der Waals surface area (Å²) in [6.45, 7) is 0. The molecule has 14 heavy (non-hydrogen) atoms. The maximum atomic E-state index is 8.94. The molecule has 0 heterocycles. The van der Waals surface area contributed by atoms with Crippen LogP contribution in [0.25, 0.3) is 10.8 Å². The molecule has 0 bridgehead atoms. The van der Waals surface area contributed by atoms with Crippen LogP contribution in [0.15, 0.2) is 34.8 Å². The van der Waals surface area contributed by atoms with Gasteiger partial charge < -0.3 is 5.73 Å². The highest BCUT2D eigenvalue weighted by molar-refractivity contribution is 9.10. The van der Waals surface area contributed by atoms with Crippen LogP contribution in [0.3, 0.4) is 0 Å². The fourth-order valence-corrected chi connectivity index (χ4v) is 1.91. The third kappa shape index (κ3) is 1.45. The number of nitrogens with zero attached hydrogens (tertiary/aromatic N) is 1. The van der Waals surface area contributed by atoms with Crippen LogP contribution in [0.1, 0.15) is 5.56 Å². The van der Waals surface area contributed by atoms with Crippen molar-refractivity contribution in [1.29, 1.82) is 5.26 Å². The minimum Gasteiger partial charge on any atom is -0.399 e. The summed E-state index contributed by atoms with van der Waals surface area (Å²) in [5, 5.41) is 10.9. The van der Waals surface area contributed by atoms with Crippen molar-refractivity contribution in [1.82, 2.24) is 0 Å². The lowest BCUT2D eigenvalue weighted by Gasteiger charge is -2.02. The van der Waals surface area contributed by atoms with Crippen LogP contribution in [0.4, 0.5) is 5.69 Å². The zero-order valence-corrected chi connectivity index (χ0v) is 8.88. The Bertz CT molecular complexity index is 541. The van der Waals surface area contributed by atoms with E-state index in [-0.39, 0.29) is 0 Å². The average molecular weight is 247 g/mol. The smallest absolute Gasteiger partial charge is 0.0998 e. The first-order valence-corrected chi connectivity index (χ1v) is 4.89. The highest BCUT2D eigenvalue weighted by atomic mass is 79.9. The lowest BCUT2D eigenvalue weighted by molar-refractivity contribution is 1.50. The number of benzene rings is 2. The van der Waals surface area contributed by atoms with E-state index in [2.05, 4.69) is 22.0 Å². The molecule has 0 amide bonds. The number of nitrogen functional groups attached to an aromatic ring is 1. The summed E-state index contributed by atoms with van der Waals surface area (Å²) in [4.78, 5) is 0. The van der Waals surface area contributed by atoms with Gasteiger partial charge in [-0.3, -0.25) is 0 Å². The van der Waals surface area contributed by atoms with Gasteiger partial charge in [0.05, 0.1) is 11.6 Å². The molecule has 0 unspecified atom stereocenters. The van der Waals surface area contributed by atoms with Crippen molar-refractivity contribution in [3.63, 3.8) is 0 Å². The van der Waals surface area contributed by atoms with Crippen LogP contribution in [-0.4, -0.2) is 0 Å². The van der Waals surface area contributed by atoms with E-state index in [1.165, 1.54) is 0 Å². The molecule has 2 N–H and O–H groups in total. The predicted octanol–water partition coefficient (Wildman–Crippen LogP) is 3.06. The fourth-order valence-electron chi connectivity index (χ4n) is 1.43. The summed E-state index contributed by atoms with van der Waals surface area (Å²) < 4.78 is 0.909. The number of hydrogen-bond acceptors (Lipinski definition) is 2. The third-order valence-corrected chi connectivity index (χ3v) is 2.52. The van der Waals surface area contributed by atoms with Crippen molar-refractivity contribution in [3.8, 4) is 6.07 Å². The normalized spacial score (nSPS) is 10.0. The monoisotopic (exact) mass is 246 g/mol. The molecule has 0 spiro atoms. The molecule has 0 atom stereocenters. The minimum atomic E-state index is 0.640. The van der Waals surface area contributed by atoms with Crippen molar-refractivity contribution in [2.24, 2.45) is 0 Å². The number of nitrogens with two attached hydrogens (primary N) is 1. The van der Waals surface area contributed by atoms with E-state index in [4.69, 9.17) is 11.0 Å². The molecule has 2 nitrogen and oxygen atoms in total. The van der Waals surface area contributed by atoms with Gasteiger partial charge in [-0.05, 0) is 29.7 Å². The van der Waals surface area contributed by atoms with Gasteiger partial charge >= 0.3 is 0 Å². The minimum absolute atomic E-state index is 0.640. The standard InChI is InChI=1S/C11H7BrN2/c12-9-3-7-1-2-10(14)5-11(7)8(4-9)6-13/h1-5H,14H2. The van der Waals surface area contributed by atoms with Crippen LogP contribution in [-0.2, 0) is 0 Å². The Labute approximate surface area is 90.1 Å². The van der Waals surface area contributed by atoms with Crippen molar-refractivity contribution in [2.75, 3.05) is 5.73 Å². The van der Waals surface area contributed by atoms with Crippen LogP contribution in [0.2, 0.25) is 0 Å². The van der Waals surface area contributed by atoms with E-state index in [0.29, 0.717) is 11.3 Å². The Hall–Kier alpha value is -1.53. The molecule has 0 fully saturated rings.